The van der Waals surface area contributed by atoms with Crippen LogP contribution in [-0.4, -0.2) is 13.4 Å². The smallest absolute Gasteiger partial charge is 0.265 e. The zero-order valence-electron chi connectivity index (χ0n) is 10.3. The first-order valence-electron chi connectivity index (χ1n) is 5.44. The van der Waals surface area contributed by atoms with Gasteiger partial charge in [-0.05, 0) is 12.1 Å². The third-order valence-electron chi connectivity index (χ3n) is 2.44. The summed E-state index contributed by atoms with van der Waals surface area (Å²) in [5.41, 5.74) is 1.05. The zero-order valence-corrected chi connectivity index (χ0v) is 11.1. The highest BCUT2D eigenvalue weighted by Gasteiger charge is 2.23. The van der Waals surface area contributed by atoms with Crippen molar-refractivity contribution in [2.24, 2.45) is 5.84 Å². The van der Waals surface area contributed by atoms with E-state index in [-0.39, 0.29) is 5.82 Å². The van der Waals surface area contributed by atoms with Crippen molar-refractivity contribution in [2.45, 2.75) is 4.90 Å². The zero-order chi connectivity index (χ0) is 15.6. The number of benzene rings is 1. The molecule has 0 atom stereocenters. The maximum absolute atomic E-state index is 13.5. The number of hydrazine groups is 1. The van der Waals surface area contributed by atoms with E-state index in [1.807, 2.05) is 5.43 Å². The van der Waals surface area contributed by atoms with Crippen molar-refractivity contribution in [1.82, 2.24) is 4.98 Å². The highest BCUT2D eigenvalue weighted by atomic mass is 32.2. The van der Waals surface area contributed by atoms with Gasteiger partial charge in [0, 0.05) is 18.3 Å². The minimum Gasteiger partial charge on any atom is -0.307 e. The minimum atomic E-state index is -4.37. The molecule has 0 radical (unpaired) electrons. The van der Waals surface area contributed by atoms with Crippen LogP contribution in [0, 0.1) is 17.5 Å². The quantitative estimate of drug-likeness (QED) is 0.587. The Kier molecular flexibility index (Phi) is 4.00. The summed E-state index contributed by atoms with van der Waals surface area (Å²) in [6.07, 6.45) is 1.27. The number of halogens is 3. The van der Waals surface area contributed by atoms with E-state index in [2.05, 4.69) is 4.98 Å². The third kappa shape index (κ3) is 3.06. The Labute approximate surface area is 117 Å². The van der Waals surface area contributed by atoms with Crippen LogP contribution in [0.2, 0.25) is 0 Å². The Morgan fingerprint density at radius 1 is 1.14 bits per heavy atom. The fourth-order valence-corrected chi connectivity index (χ4v) is 2.74. The van der Waals surface area contributed by atoms with Crippen LogP contribution in [0.1, 0.15) is 0 Å². The average molecular weight is 318 g/mol. The highest BCUT2D eigenvalue weighted by Crippen LogP contribution is 2.25. The molecule has 1 aromatic carbocycles. The van der Waals surface area contributed by atoms with Crippen LogP contribution in [0.15, 0.2) is 35.4 Å². The van der Waals surface area contributed by atoms with E-state index < -0.39 is 38.1 Å². The van der Waals surface area contributed by atoms with Crippen molar-refractivity contribution in [3.05, 3.63) is 47.9 Å². The highest BCUT2D eigenvalue weighted by molar-refractivity contribution is 7.92. The van der Waals surface area contributed by atoms with Gasteiger partial charge in [-0.15, -0.1) is 0 Å². The topological polar surface area (TPSA) is 97.1 Å². The standard InChI is InChI=1S/C11H9F3N4O2S/c12-6-4-7(13)10(8(14)5-6)18-21(19,20)9-2-1-3-16-11(9)17-15/h1-5,18H,15H2,(H,16,17). The Bertz CT molecular complexity index is 760. The Balaban J connectivity index is 2.48. The van der Waals surface area contributed by atoms with Gasteiger partial charge in [-0.2, -0.15) is 0 Å². The molecule has 0 aliphatic carbocycles. The lowest BCUT2D eigenvalue weighted by Gasteiger charge is -2.12. The maximum Gasteiger partial charge on any atom is 0.265 e. The first kappa shape index (κ1) is 15.1. The number of rotatable bonds is 4. The number of nitrogens with two attached hydrogens (primary N) is 1. The van der Waals surface area contributed by atoms with E-state index >= 15 is 0 Å². The van der Waals surface area contributed by atoms with Gasteiger partial charge >= 0.3 is 0 Å². The van der Waals surface area contributed by atoms with E-state index in [0.717, 1.165) is 6.07 Å². The molecular weight excluding hydrogens is 309 g/mol. The summed E-state index contributed by atoms with van der Waals surface area (Å²) < 4.78 is 65.6. The largest absolute Gasteiger partial charge is 0.307 e. The fourth-order valence-electron chi connectivity index (χ4n) is 1.54. The van der Waals surface area contributed by atoms with Crippen LogP contribution < -0.4 is 16.0 Å². The Morgan fingerprint density at radius 3 is 2.33 bits per heavy atom. The minimum absolute atomic E-state index is 0.215. The van der Waals surface area contributed by atoms with Crippen molar-refractivity contribution in [3.63, 3.8) is 0 Å². The fraction of sp³-hybridized carbons (Fsp3) is 0. The number of pyridine rings is 1. The SMILES string of the molecule is NNc1ncccc1S(=O)(=O)Nc1c(F)cc(F)cc1F. The number of nitrogens with zero attached hydrogens (tertiary/aromatic N) is 1. The van der Waals surface area contributed by atoms with Gasteiger partial charge in [0.05, 0.1) is 0 Å². The van der Waals surface area contributed by atoms with Gasteiger partial charge in [0.1, 0.15) is 16.4 Å². The van der Waals surface area contributed by atoms with E-state index in [1.165, 1.54) is 12.3 Å². The second-order valence-corrected chi connectivity index (χ2v) is 5.50. The monoisotopic (exact) mass is 318 g/mol. The molecule has 0 amide bonds. The van der Waals surface area contributed by atoms with Gasteiger partial charge in [-0.1, -0.05) is 0 Å². The number of aromatic nitrogens is 1. The first-order valence-corrected chi connectivity index (χ1v) is 6.92. The second kappa shape index (κ2) is 5.58. The second-order valence-electron chi connectivity index (χ2n) is 3.84. The predicted molar refractivity (Wildman–Crippen MR) is 69.2 cm³/mol. The van der Waals surface area contributed by atoms with Gasteiger partial charge in [-0.3, -0.25) is 4.72 Å². The summed E-state index contributed by atoms with van der Waals surface area (Å²) >= 11 is 0. The molecule has 1 heterocycles. The summed E-state index contributed by atoms with van der Waals surface area (Å²) in [5, 5.41) is 0. The maximum atomic E-state index is 13.5. The van der Waals surface area contributed by atoms with Crippen LogP contribution in [-0.2, 0) is 10.0 Å². The van der Waals surface area contributed by atoms with E-state index in [9.17, 15) is 21.6 Å². The van der Waals surface area contributed by atoms with E-state index in [1.54, 1.807) is 4.72 Å². The normalized spacial score (nSPS) is 11.2. The first-order chi connectivity index (χ1) is 9.85. The number of hydrogen-bond donors (Lipinski definition) is 3. The van der Waals surface area contributed by atoms with Crippen molar-refractivity contribution in [1.29, 1.82) is 0 Å². The molecule has 0 saturated heterocycles. The number of sulfonamides is 1. The molecule has 6 nitrogen and oxygen atoms in total. The summed E-state index contributed by atoms with van der Waals surface area (Å²) in [7, 11) is -4.37. The lowest BCUT2D eigenvalue weighted by Crippen LogP contribution is -2.19. The van der Waals surface area contributed by atoms with Gasteiger partial charge in [0.25, 0.3) is 10.0 Å². The van der Waals surface area contributed by atoms with Crippen LogP contribution in [0.4, 0.5) is 24.7 Å². The van der Waals surface area contributed by atoms with Crippen molar-refractivity contribution >= 4 is 21.5 Å². The van der Waals surface area contributed by atoms with Crippen molar-refractivity contribution in [3.8, 4) is 0 Å². The summed E-state index contributed by atoms with van der Waals surface area (Å²) in [6, 6.07) is 3.13. The van der Waals surface area contributed by atoms with Gasteiger partial charge in [0.15, 0.2) is 17.5 Å². The van der Waals surface area contributed by atoms with Gasteiger partial charge in [-0.25, -0.2) is 32.4 Å². The molecular formula is C11H9F3N4O2S. The summed E-state index contributed by atoms with van der Waals surface area (Å²) in [4.78, 5) is 3.24. The predicted octanol–water partition coefficient (Wildman–Crippen LogP) is 1.59. The molecule has 0 saturated carbocycles. The molecule has 0 aliphatic rings. The molecule has 10 heteroatoms. The summed E-state index contributed by atoms with van der Waals surface area (Å²) in [6.45, 7) is 0. The lowest BCUT2D eigenvalue weighted by molar-refractivity contribution is 0.547. The average Bonchev–Trinajstić information content (AvgIpc) is 2.43. The number of nitrogens with one attached hydrogen (secondary N) is 2. The van der Waals surface area contributed by atoms with Crippen LogP contribution >= 0.6 is 0 Å². The molecule has 0 unspecified atom stereocenters. The van der Waals surface area contributed by atoms with Crippen molar-refractivity contribution < 1.29 is 21.6 Å². The molecule has 0 fully saturated rings. The number of hydrogen-bond acceptors (Lipinski definition) is 5. The van der Waals surface area contributed by atoms with Crippen LogP contribution in [0.25, 0.3) is 0 Å². The van der Waals surface area contributed by atoms with Crippen molar-refractivity contribution in [2.75, 3.05) is 10.1 Å². The van der Waals surface area contributed by atoms with Gasteiger partial charge in [0.2, 0.25) is 0 Å². The molecule has 0 bridgehead atoms. The van der Waals surface area contributed by atoms with E-state index in [0.29, 0.717) is 12.1 Å². The molecule has 0 aliphatic heterocycles. The Morgan fingerprint density at radius 2 is 1.76 bits per heavy atom. The number of nitrogen functional groups attached to an aromatic ring is 1. The molecule has 21 heavy (non-hydrogen) atoms. The Hall–Kier alpha value is -2.33. The van der Waals surface area contributed by atoms with Crippen LogP contribution in [0.3, 0.4) is 0 Å². The third-order valence-corrected chi connectivity index (χ3v) is 3.82. The molecule has 112 valence electrons. The molecule has 4 N–H and O–H groups in total. The summed E-state index contributed by atoms with van der Waals surface area (Å²) in [5.74, 6) is 0.961. The van der Waals surface area contributed by atoms with Crippen LogP contribution in [0.5, 0.6) is 0 Å². The molecule has 2 aromatic rings. The van der Waals surface area contributed by atoms with Gasteiger partial charge < -0.3 is 5.43 Å². The molecule has 1 aromatic heterocycles. The number of anilines is 2. The van der Waals surface area contributed by atoms with E-state index in [4.69, 9.17) is 5.84 Å². The molecule has 2 rings (SSSR count). The lowest BCUT2D eigenvalue weighted by atomic mass is 10.3. The molecule has 0 spiro atoms.